The summed E-state index contributed by atoms with van der Waals surface area (Å²) in [5.74, 6) is -0.0490. The van der Waals surface area contributed by atoms with Crippen LogP contribution in [-0.4, -0.2) is 16.7 Å². The van der Waals surface area contributed by atoms with E-state index < -0.39 is 0 Å². The number of hydrogen-bond acceptors (Lipinski definition) is 3. The highest BCUT2D eigenvalue weighted by Gasteiger charge is 2.28. The number of carbonyl (C=O) groups is 1. The van der Waals surface area contributed by atoms with Gasteiger partial charge in [0.05, 0.1) is 17.0 Å². The number of carbonyl (C=O) groups excluding carboxylic acids is 1. The lowest BCUT2D eigenvalue weighted by atomic mass is 10.1. The molecule has 0 unspecified atom stereocenters. The highest BCUT2D eigenvalue weighted by Crippen LogP contribution is 2.26. The van der Waals surface area contributed by atoms with Crippen molar-refractivity contribution < 1.29 is 9.90 Å². The zero-order valence-corrected chi connectivity index (χ0v) is 12.6. The summed E-state index contributed by atoms with van der Waals surface area (Å²) in [5, 5.41) is 15.8. The highest BCUT2D eigenvalue weighted by molar-refractivity contribution is 6.32. The SMILES string of the molecule is CC1=NN(c2ccc(Cl)cc2)C(=O)/C1=C\c1cccc(O)c1. The Hall–Kier alpha value is -2.59. The number of amides is 1. The van der Waals surface area contributed by atoms with E-state index in [2.05, 4.69) is 5.10 Å². The van der Waals surface area contributed by atoms with Crippen molar-refractivity contribution in [2.45, 2.75) is 6.92 Å². The summed E-state index contributed by atoms with van der Waals surface area (Å²) in [6.45, 7) is 1.78. The third-order valence-electron chi connectivity index (χ3n) is 3.31. The molecule has 0 spiro atoms. The summed E-state index contributed by atoms with van der Waals surface area (Å²) in [4.78, 5) is 12.5. The van der Waals surface area contributed by atoms with Crippen LogP contribution in [-0.2, 0) is 4.79 Å². The summed E-state index contributed by atoms with van der Waals surface area (Å²) in [6.07, 6.45) is 1.72. The van der Waals surface area contributed by atoms with E-state index in [4.69, 9.17) is 11.6 Å². The van der Waals surface area contributed by atoms with E-state index in [9.17, 15) is 9.90 Å². The average molecular weight is 313 g/mol. The molecule has 0 radical (unpaired) electrons. The first-order valence-corrected chi connectivity index (χ1v) is 7.09. The van der Waals surface area contributed by atoms with Crippen molar-refractivity contribution >= 4 is 35.0 Å². The molecular weight excluding hydrogens is 300 g/mol. The maximum absolute atomic E-state index is 12.5. The lowest BCUT2D eigenvalue weighted by Gasteiger charge is -2.11. The largest absolute Gasteiger partial charge is 0.508 e. The van der Waals surface area contributed by atoms with Crippen LogP contribution in [0.1, 0.15) is 12.5 Å². The summed E-state index contributed by atoms with van der Waals surface area (Å²) >= 11 is 5.86. The van der Waals surface area contributed by atoms with Gasteiger partial charge in [0.2, 0.25) is 0 Å². The number of rotatable bonds is 2. The molecular formula is C17H13ClN2O2. The van der Waals surface area contributed by atoms with Crippen LogP contribution in [0.4, 0.5) is 5.69 Å². The smallest absolute Gasteiger partial charge is 0.280 e. The molecule has 0 aromatic heterocycles. The minimum absolute atomic E-state index is 0.156. The van der Waals surface area contributed by atoms with Crippen LogP contribution in [0.25, 0.3) is 6.08 Å². The zero-order valence-electron chi connectivity index (χ0n) is 11.8. The first-order chi connectivity index (χ1) is 10.5. The fourth-order valence-corrected chi connectivity index (χ4v) is 2.35. The van der Waals surface area contributed by atoms with Gasteiger partial charge in [0, 0.05) is 5.02 Å². The molecule has 0 aliphatic carbocycles. The Balaban J connectivity index is 1.94. The molecule has 22 heavy (non-hydrogen) atoms. The van der Waals surface area contributed by atoms with Gasteiger partial charge in [0.15, 0.2) is 0 Å². The molecule has 1 aliphatic heterocycles. The lowest BCUT2D eigenvalue weighted by Crippen LogP contribution is -2.21. The van der Waals surface area contributed by atoms with E-state index in [0.29, 0.717) is 22.0 Å². The van der Waals surface area contributed by atoms with Gasteiger partial charge in [-0.05, 0) is 55.0 Å². The lowest BCUT2D eigenvalue weighted by molar-refractivity contribution is -0.114. The van der Waals surface area contributed by atoms with Gasteiger partial charge in [0.1, 0.15) is 5.75 Å². The van der Waals surface area contributed by atoms with Crippen LogP contribution < -0.4 is 5.01 Å². The minimum atomic E-state index is -0.205. The van der Waals surface area contributed by atoms with Crippen molar-refractivity contribution in [1.29, 1.82) is 0 Å². The van der Waals surface area contributed by atoms with Gasteiger partial charge in [-0.3, -0.25) is 4.79 Å². The van der Waals surface area contributed by atoms with Crippen LogP contribution in [0.2, 0.25) is 5.02 Å². The van der Waals surface area contributed by atoms with Crippen LogP contribution in [0.5, 0.6) is 5.75 Å². The third-order valence-corrected chi connectivity index (χ3v) is 3.57. The number of phenols is 1. The number of aromatic hydroxyl groups is 1. The Morgan fingerprint density at radius 1 is 1.18 bits per heavy atom. The van der Waals surface area contributed by atoms with Crippen molar-refractivity contribution in [3.63, 3.8) is 0 Å². The monoisotopic (exact) mass is 312 g/mol. The van der Waals surface area contributed by atoms with E-state index in [0.717, 1.165) is 5.56 Å². The molecule has 0 atom stereocenters. The number of phenolic OH excluding ortho intramolecular Hbond substituents is 1. The number of nitrogens with zero attached hydrogens (tertiary/aromatic N) is 2. The molecule has 2 aromatic rings. The average Bonchev–Trinajstić information content (AvgIpc) is 2.76. The second kappa shape index (κ2) is 5.66. The maximum Gasteiger partial charge on any atom is 0.280 e. The molecule has 1 aliphatic rings. The summed E-state index contributed by atoms with van der Waals surface area (Å²) in [6, 6.07) is 13.6. The van der Waals surface area contributed by atoms with Crippen LogP contribution in [0, 0.1) is 0 Å². The predicted molar refractivity (Wildman–Crippen MR) is 88.1 cm³/mol. The Kier molecular flexibility index (Phi) is 3.69. The van der Waals surface area contributed by atoms with Gasteiger partial charge in [-0.15, -0.1) is 0 Å². The van der Waals surface area contributed by atoms with Crippen molar-refractivity contribution in [3.8, 4) is 5.75 Å². The first-order valence-electron chi connectivity index (χ1n) is 6.71. The zero-order chi connectivity index (χ0) is 15.7. The molecule has 5 heteroatoms. The Morgan fingerprint density at radius 2 is 1.91 bits per heavy atom. The van der Waals surface area contributed by atoms with E-state index in [1.54, 1.807) is 55.5 Å². The normalized spacial score (nSPS) is 16.3. The Bertz CT molecular complexity index is 795. The molecule has 3 rings (SSSR count). The van der Waals surface area contributed by atoms with Crippen molar-refractivity contribution in [1.82, 2.24) is 0 Å². The molecule has 1 N–H and O–H groups in total. The second-order valence-corrected chi connectivity index (χ2v) is 5.37. The Morgan fingerprint density at radius 3 is 2.59 bits per heavy atom. The summed E-state index contributed by atoms with van der Waals surface area (Å²) in [7, 11) is 0. The van der Waals surface area contributed by atoms with Gasteiger partial charge < -0.3 is 5.11 Å². The quantitative estimate of drug-likeness (QED) is 0.856. The number of anilines is 1. The van der Waals surface area contributed by atoms with Gasteiger partial charge in [0.25, 0.3) is 5.91 Å². The summed E-state index contributed by atoms with van der Waals surface area (Å²) < 4.78 is 0. The number of halogens is 1. The van der Waals surface area contributed by atoms with Crippen molar-refractivity contribution in [2.75, 3.05) is 5.01 Å². The number of hydrogen-bond donors (Lipinski definition) is 1. The van der Waals surface area contributed by atoms with Crippen LogP contribution in [0.3, 0.4) is 0 Å². The first kappa shape index (κ1) is 14.4. The molecule has 0 saturated carbocycles. The standard InChI is InChI=1S/C17H13ClN2O2/c1-11-16(10-12-3-2-4-15(21)9-12)17(22)20(19-11)14-7-5-13(18)6-8-14/h2-10,21H,1H3/b16-10-. The Labute approximate surface area is 133 Å². The molecule has 4 nitrogen and oxygen atoms in total. The fraction of sp³-hybridized carbons (Fsp3) is 0.0588. The summed E-state index contributed by atoms with van der Waals surface area (Å²) in [5.41, 5.74) is 2.53. The topological polar surface area (TPSA) is 52.9 Å². The van der Waals surface area contributed by atoms with Gasteiger partial charge >= 0.3 is 0 Å². The maximum atomic E-state index is 12.5. The molecule has 110 valence electrons. The van der Waals surface area contributed by atoms with E-state index in [-0.39, 0.29) is 11.7 Å². The molecule has 1 heterocycles. The third kappa shape index (κ3) is 2.73. The van der Waals surface area contributed by atoms with E-state index >= 15 is 0 Å². The molecule has 0 fully saturated rings. The second-order valence-electron chi connectivity index (χ2n) is 4.93. The molecule has 0 saturated heterocycles. The fourth-order valence-electron chi connectivity index (χ4n) is 2.22. The number of hydrazone groups is 1. The number of benzene rings is 2. The minimum Gasteiger partial charge on any atom is -0.508 e. The van der Waals surface area contributed by atoms with Crippen LogP contribution >= 0.6 is 11.6 Å². The van der Waals surface area contributed by atoms with Gasteiger partial charge in [-0.1, -0.05) is 23.7 Å². The van der Waals surface area contributed by atoms with E-state index in [1.807, 2.05) is 6.07 Å². The van der Waals surface area contributed by atoms with Crippen LogP contribution in [0.15, 0.2) is 59.2 Å². The van der Waals surface area contributed by atoms with Gasteiger partial charge in [-0.2, -0.15) is 10.1 Å². The van der Waals surface area contributed by atoms with Gasteiger partial charge in [-0.25, -0.2) is 0 Å². The highest BCUT2D eigenvalue weighted by atomic mass is 35.5. The predicted octanol–water partition coefficient (Wildman–Crippen LogP) is 3.85. The van der Waals surface area contributed by atoms with Crippen molar-refractivity contribution in [3.05, 3.63) is 64.7 Å². The molecule has 1 amide bonds. The molecule has 2 aromatic carbocycles. The van der Waals surface area contributed by atoms with E-state index in [1.165, 1.54) is 5.01 Å². The van der Waals surface area contributed by atoms with Crippen molar-refractivity contribution in [2.24, 2.45) is 5.10 Å². The molecule has 0 bridgehead atoms.